The van der Waals surface area contributed by atoms with Crippen molar-refractivity contribution < 1.29 is 23.1 Å². The number of hydrogen-bond donors (Lipinski definition) is 2. The van der Waals surface area contributed by atoms with E-state index in [0.29, 0.717) is 33.7 Å². The molecule has 0 spiro atoms. The summed E-state index contributed by atoms with van der Waals surface area (Å²) < 4.78 is 29.9. The van der Waals surface area contributed by atoms with Gasteiger partial charge in [-0.1, -0.05) is 11.8 Å². The monoisotopic (exact) mass is 366 g/mol. The first kappa shape index (κ1) is 18.7. The lowest BCUT2D eigenvalue weighted by molar-refractivity contribution is -0.118. The summed E-state index contributed by atoms with van der Waals surface area (Å²) in [5.41, 5.74) is 5.93. The molecule has 0 radical (unpaired) electrons. The Morgan fingerprint density at radius 1 is 1.08 bits per heavy atom. The molecule has 0 bridgehead atoms. The summed E-state index contributed by atoms with van der Waals surface area (Å²) in [6.45, 7) is 0.185. The number of nitrogens with two attached hydrogens (primary N) is 1. The van der Waals surface area contributed by atoms with E-state index in [-0.39, 0.29) is 18.9 Å². The van der Waals surface area contributed by atoms with Gasteiger partial charge in [0.1, 0.15) is 5.75 Å². The Morgan fingerprint density at radius 2 is 1.72 bits per heavy atom. The largest absolute Gasteiger partial charge is 0.493 e. The molecule has 2 aromatic rings. The second-order valence-corrected chi connectivity index (χ2v) is 6.01. The van der Waals surface area contributed by atoms with Crippen LogP contribution in [0.5, 0.6) is 5.75 Å². The molecular weight excluding hydrogens is 350 g/mol. The summed E-state index contributed by atoms with van der Waals surface area (Å²) in [4.78, 5) is 23.2. The molecule has 0 heterocycles. The van der Waals surface area contributed by atoms with Crippen LogP contribution in [0.4, 0.5) is 14.5 Å². The quantitative estimate of drug-likeness (QED) is 0.701. The number of thioether (sulfide) groups is 1. The highest BCUT2D eigenvalue weighted by Crippen LogP contribution is 2.25. The van der Waals surface area contributed by atoms with Gasteiger partial charge in [-0.05, 0) is 48.5 Å². The number of nitrogens with one attached hydrogen (secondary N) is 1. The van der Waals surface area contributed by atoms with E-state index in [4.69, 9.17) is 10.5 Å². The fraction of sp³-hybridized carbons (Fsp3) is 0.176. The number of amides is 2. The van der Waals surface area contributed by atoms with E-state index in [9.17, 15) is 18.4 Å². The second-order valence-electron chi connectivity index (χ2n) is 4.95. The maximum Gasteiger partial charge on any atom is 0.288 e. The summed E-state index contributed by atoms with van der Waals surface area (Å²) in [5.74, 6) is -2.74. The average Bonchev–Trinajstić information content (AvgIpc) is 2.56. The molecule has 0 aliphatic carbocycles. The number of benzene rings is 2. The molecule has 0 aliphatic rings. The Labute approximate surface area is 147 Å². The molecule has 0 atom stereocenters. The molecule has 0 unspecified atom stereocenters. The van der Waals surface area contributed by atoms with Crippen molar-refractivity contribution in [2.75, 3.05) is 11.9 Å². The van der Waals surface area contributed by atoms with Crippen LogP contribution in [-0.4, -0.2) is 24.2 Å². The Kier molecular flexibility index (Phi) is 6.76. The molecule has 25 heavy (non-hydrogen) atoms. The molecule has 2 rings (SSSR count). The predicted octanol–water partition coefficient (Wildman–Crippen LogP) is 3.51. The van der Waals surface area contributed by atoms with Crippen LogP contribution in [0, 0.1) is 0 Å². The minimum atomic E-state index is -2.50. The molecule has 0 aromatic heterocycles. The molecular formula is C17H16F2N2O3S. The molecule has 8 heteroatoms. The molecule has 132 valence electrons. The van der Waals surface area contributed by atoms with Gasteiger partial charge in [0.2, 0.25) is 5.91 Å². The van der Waals surface area contributed by atoms with E-state index in [1.54, 1.807) is 24.3 Å². The first-order chi connectivity index (χ1) is 11.9. The van der Waals surface area contributed by atoms with Crippen LogP contribution < -0.4 is 15.8 Å². The minimum Gasteiger partial charge on any atom is -0.493 e. The lowest BCUT2D eigenvalue weighted by atomic mass is 10.2. The van der Waals surface area contributed by atoms with Gasteiger partial charge >= 0.3 is 0 Å². The predicted molar refractivity (Wildman–Crippen MR) is 92.0 cm³/mol. The van der Waals surface area contributed by atoms with Crippen molar-refractivity contribution in [1.82, 2.24) is 0 Å². The van der Waals surface area contributed by atoms with Crippen LogP contribution >= 0.6 is 11.8 Å². The third kappa shape index (κ3) is 6.42. The number of carbonyl (C=O) groups is 2. The number of alkyl halides is 2. The molecule has 5 nitrogen and oxygen atoms in total. The van der Waals surface area contributed by atoms with Crippen molar-refractivity contribution in [2.24, 2.45) is 5.73 Å². The summed E-state index contributed by atoms with van der Waals surface area (Å²) in [6.07, 6.45) is 0.123. The Morgan fingerprint density at radius 3 is 2.28 bits per heavy atom. The maximum absolute atomic E-state index is 12.3. The lowest BCUT2D eigenvalue weighted by Crippen LogP contribution is -2.14. The molecule has 0 aliphatic heterocycles. The first-order valence-corrected chi connectivity index (χ1v) is 8.19. The van der Waals surface area contributed by atoms with Crippen LogP contribution in [-0.2, 0) is 4.79 Å². The third-order valence-corrected chi connectivity index (χ3v) is 3.79. The van der Waals surface area contributed by atoms with Gasteiger partial charge in [-0.25, -0.2) is 0 Å². The molecule has 2 amide bonds. The fourth-order valence-corrected chi connectivity index (χ4v) is 2.39. The second kappa shape index (κ2) is 9.03. The van der Waals surface area contributed by atoms with Gasteiger partial charge in [0.05, 0.1) is 13.0 Å². The highest BCUT2D eigenvalue weighted by Gasteiger charge is 2.09. The topological polar surface area (TPSA) is 81.4 Å². The molecule has 0 saturated carbocycles. The third-order valence-electron chi connectivity index (χ3n) is 3.07. The number of hydrogen-bond acceptors (Lipinski definition) is 4. The Bertz CT molecular complexity index is 722. The van der Waals surface area contributed by atoms with Gasteiger partial charge in [-0.15, -0.1) is 0 Å². The van der Waals surface area contributed by atoms with Crippen molar-refractivity contribution >= 4 is 29.3 Å². The molecule has 0 saturated heterocycles. The molecule has 3 N–H and O–H groups in total. The SMILES string of the molecule is NC(=O)CCOc1ccc(NC(=O)c2ccc(SC(F)F)cc2)cc1. The Balaban J connectivity index is 1.90. The van der Waals surface area contributed by atoms with Gasteiger partial charge in [-0.2, -0.15) is 8.78 Å². The van der Waals surface area contributed by atoms with Gasteiger partial charge in [-0.3, -0.25) is 9.59 Å². The van der Waals surface area contributed by atoms with Crippen molar-refractivity contribution in [3.63, 3.8) is 0 Å². The summed E-state index contributed by atoms with van der Waals surface area (Å²) in [5, 5.41) is 2.70. The maximum atomic E-state index is 12.3. The Hall–Kier alpha value is -2.61. The van der Waals surface area contributed by atoms with Gasteiger partial charge in [0, 0.05) is 16.1 Å². The highest BCUT2D eigenvalue weighted by molar-refractivity contribution is 7.99. The number of primary amides is 1. The van der Waals surface area contributed by atoms with E-state index >= 15 is 0 Å². The van der Waals surface area contributed by atoms with Crippen LogP contribution in [0.2, 0.25) is 0 Å². The van der Waals surface area contributed by atoms with Crippen LogP contribution in [0.25, 0.3) is 0 Å². The fourth-order valence-electron chi connectivity index (χ4n) is 1.89. The minimum absolute atomic E-state index is 0.123. The number of anilines is 1. The summed E-state index contributed by atoms with van der Waals surface area (Å²) >= 11 is 0.425. The summed E-state index contributed by atoms with van der Waals surface area (Å²) in [7, 11) is 0. The molecule has 0 fully saturated rings. The first-order valence-electron chi connectivity index (χ1n) is 7.31. The smallest absolute Gasteiger partial charge is 0.288 e. The van der Waals surface area contributed by atoms with Crippen molar-refractivity contribution in [1.29, 1.82) is 0 Å². The zero-order valence-corrected chi connectivity index (χ0v) is 13.9. The number of ether oxygens (including phenoxy) is 1. The van der Waals surface area contributed by atoms with Crippen molar-refractivity contribution in [3.8, 4) is 5.75 Å². The van der Waals surface area contributed by atoms with Gasteiger partial charge in [0.25, 0.3) is 11.7 Å². The van der Waals surface area contributed by atoms with Crippen molar-refractivity contribution in [3.05, 3.63) is 54.1 Å². The molecule has 2 aromatic carbocycles. The zero-order valence-electron chi connectivity index (χ0n) is 13.1. The van der Waals surface area contributed by atoms with Crippen LogP contribution in [0.1, 0.15) is 16.8 Å². The van der Waals surface area contributed by atoms with E-state index < -0.39 is 11.7 Å². The zero-order chi connectivity index (χ0) is 18.2. The number of halogens is 2. The summed E-state index contributed by atoms with van der Waals surface area (Å²) in [6, 6.07) is 12.5. The van der Waals surface area contributed by atoms with Crippen molar-refractivity contribution in [2.45, 2.75) is 17.1 Å². The van der Waals surface area contributed by atoms with Gasteiger partial charge in [0.15, 0.2) is 0 Å². The van der Waals surface area contributed by atoms with E-state index in [1.165, 1.54) is 24.3 Å². The van der Waals surface area contributed by atoms with Crippen LogP contribution in [0.15, 0.2) is 53.4 Å². The van der Waals surface area contributed by atoms with E-state index in [1.807, 2.05) is 0 Å². The lowest BCUT2D eigenvalue weighted by Gasteiger charge is -2.08. The number of carbonyl (C=O) groups excluding carboxylic acids is 2. The number of rotatable bonds is 8. The standard InChI is InChI=1S/C17H16F2N2O3S/c18-17(19)25-14-7-1-11(2-8-14)16(23)21-12-3-5-13(6-4-12)24-10-9-15(20)22/h1-8,17H,9-10H2,(H2,20,22)(H,21,23). The van der Waals surface area contributed by atoms with E-state index in [2.05, 4.69) is 5.32 Å². The van der Waals surface area contributed by atoms with Crippen LogP contribution in [0.3, 0.4) is 0 Å². The highest BCUT2D eigenvalue weighted by atomic mass is 32.2. The normalized spacial score (nSPS) is 10.5. The average molecular weight is 366 g/mol. The van der Waals surface area contributed by atoms with E-state index in [0.717, 1.165) is 0 Å². The van der Waals surface area contributed by atoms with Gasteiger partial charge < -0.3 is 15.8 Å².